The summed E-state index contributed by atoms with van der Waals surface area (Å²) in [5, 5.41) is 23.7. The molecule has 0 amide bonds. The van der Waals surface area contributed by atoms with Gasteiger partial charge < -0.3 is 16.2 Å². The number of phenolic OH excluding ortho intramolecular Hbond substituents is 1. The second-order valence-electron chi connectivity index (χ2n) is 4.42. The molecule has 9 heteroatoms. The zero-order valence-electron chi connectivity index (χ0n) is 11.6. The molecular weight excluding hydrogens is 384 g/mol. The Morgan fingerprint density at radius 3 is 2.61 bits per heavy atom. The van der Waals surface area contributed by atoms with Crippen LogP contribution >= 0.6 is 28.1 Å². The highest BCUT2D eigenvalue weighted by Gasteiger charge is 2.13. The summed E-state index contributed by atoms with van der Waals surface area (Å²) in [4.78, 5) is 14.5. The number of nitro groups is 1. The van der Waals surface area contributed by atoms with E-state index < -0.39 is 4.92 Å². The van der Waals surface area contributed by atoms with Gasteiger partial charge >= 0.3 is 0 Å². The first kappa shape index (κ1) is 16.8. The molecule has 0 aromatic heterocycles. The van der Waals surface area contributed by atoms with Crippen LogP contribution in [0.5, 0.6) is 5.75 Å². The van der Waals surface area contributed by atoms with E-state index in [4.69, 9.17) is 18.0 Å². The molecular formula is C14H11BrN4O3S. The standard InChI is InChI=1S/C14H11BrN4O3S/c15-12-6-11(19(21)22)5-8(13(12)20)7-17-9-1-3-10(4-2-9)18-14(16)23/h1-7,20H,(H3,16,18,23). The van der Waals surface area contributed by atoms with E-state index in [1.165, 1.54) is 18.3 Å². The van der Waals surface area contributed by atoms with Crippen LogP contribution in [0.15, 0.2) is 45.9 Å². The van der Waals surface area contributed by atoms with Crippen molar-refractivity contribution in [2.75, 3.05) is 5.32 Å². The minimum absolute atomic E-state index is 0.119. The first-order valence-electron chi connectivity index (χ1n) is 6.24. The first-order valence-corrected chi connectivity index (χ1v) is 7.44. The zero-order valence-corrected chi connectivity index (χ0v) is 14.0. The first-order chi connectivity index (χ1) is 10.9. The molecule has 0 saturated heterocycles. The fourth-order valence-electron chi connectivity index (χ4n) is 1.73. The van der Waals surface area contributed by atoms with Gasteiger partial charge in [-0.15, -0.1) is 0 Å². The van der Waals surface area contributed by atoms with Crippen molar-refractivity contribution >= 4 is 56.5 Å². The third-order valence-electron chi connectivity index (χ3n) is 2.78. The van der Waals surface area contributed by atoms with Gasteiger partial charge in [0.15, 0.2) is 5.11 Å². The summed E-state index contributed by atoms with van der Waals surface area (Å²) in [5.74, 6) is -0.119. The number of hydrogen-bond acceptors (Lipinski definition) is 5. The summed E-state index contributed by atoms with van der Waals surface area (Å²) in [6.07, 6.45) is 1.35. The molecule has 4 N–H and O–H groups in total. The number of nitrogens with two attached hydrogens (primary N) is 1. The van der Waals surface area contributed by atoms with Gasteiger partial charge in [0.2, 0.25) is 0 Å². The van der Waals surface area contributed by atoms with Crippen LogP contribution in [0.3, 0.4) is 0 Å². The SMILES string of the molecule is NC(=S)Nc1ccc(N=Cc2cc([N+](=O)[O-])cc(Br)c2O)cc1. The second-order valence-corrected chi connectivity index (χ2v) is 5.71. The van der Waals surface area contributed by atoms with Crippen molar-refractivity contribution in [3.63, 3.8) is 0 Å². The molecule has 0 saturated carbocycles. The lowest BCUT2D eigenvalue weighted by Gasteiger charge is -2.04. The van der Waals surface area contributed by atoms with Crippen molar-refractivity contribution in [1.82, 2.24) is 0 Å². The molecule has 0 unspecified atom stereocenters. The van der Waals surface area contributed by atoms with Gasteiger partial charge in [0, 0.05) is 29.6 Å². The van der Waals surface area contributed by atoms with Crippen LogP contribution < -0.4 is 11.1 Å². The Morgan fingerprint density at radius 1 is 1.39 bits per heavy atom. The van der Waals surface area contributed by atoms with Crippen molar-refractivity contribution < 1.29 is 10.0 Å². The molecule has 0 aliphatic rings. The van der Waals surface area contributed by atoms with E-state index in [1.54, 1.807) is 24.3 Å². The van der Waals surface area contributed by atoms with E-state index in [2.05, 4.69) is 26.2 Å². The number of rotatable bonds is 4. The number of phenols is 1. The van der Waals surface area contributed by atoms with Crippen molar-refractivity contribution in [3.8, 4) is 5.75 Å². The molecule has 0 heterocycles. The van der Waals surface area contributed by atoms with Gasteiger partial charge in [-0.25, -0.2) is 0 Å². The van der Waals surface area contributed by atoms with Gasteiger partial charge in [-0.05, 0) is 52.4 Å². The maximum Gasteiger partial charge on any atom is 0.271 e. The Labute approximate surface area is 145 Å². The number of anilines is 1. The van der Waals surface area contributed by atoms with E-state index >= 15 is 0 Å². The van der Waals surface area contributed by atoms with Crippen LogP contribution in [0.4, 0.5) is 17.1 Å². The fourth-order valence-corrected chi connectivity index (χ4v) is 2.31. The number of benzene rings is 2. The van der Waals surface area contributed by atoms with E-state index in [9.17, 15) is 15.2 Å². The number of hydrogen-bond donors (Lipinski definition) is 3. The quantitative estimate of drug-likeness (QED) is 0.316. The highest BCUT2D eigenvalue weighted by Crippen LogP contribution is 2.32. The summed E-state index contributed by atoms with van der Waals surface area (Å²) in [7, 11) is 0. The predicted molar refractivity (Wildman–Crippen MR) is 96.6 cm³/mol. The molecule has 2 aromatic rings. The van der Waals surface area contributed by atoms with Gasteiger partial charge in [-0.3, -0.25) is 15.1 Å². The number of aromatic hydroxyl groups is 1. The largest absolute Gasteiger partial charge is 0.506 e. The Hall–Kier alpha value is -2.52. The number of non-ortho nitro benzene ring substituents is 1. The van der Waals surface area contributed by atoms with Crippen molar-refractivity contribution in [3.05, 3.63) is 56.5 Å². The second kappa shape index (κ2) is 7.16. The van der Waals surface area contributed by atoms with Gasteiger partial charge in [0.1, 0.15) is 5.75 Å². The summed E-state index contributed by atoms with van der Waals surface area (Å²) in [6.45, 7) is 0. The molecule has 23 heavy (non-hydrogen) atoms. The van der Waals surface area contributed by atoms with Crippen LogP contribution in [0.1, 0.15) is 5.56 Å². The smallest absolute Gasteiger partial charge is 0.271 e. The molecule has 0 aliphatic heterocycles. The minimum atomic E-state index is -0.544. The van der Waals surface area contributed by atoms with E-state index in [0.29, 0.717) is 5.69 Å². The Bertz CT molecular complexity index is 793. The number of nitro benzene ring substituents is 1. The predicted octanol–water partition coefficient (Wildman–Crippen LogP) is 3.47. The van der Waals surface area contributed by atoms with Crippen molar-refractivity contribution in [2.24, 2.45) is 10.7 Å². The molecule has 0 atom stereocenters. The van der Waals surface area contributed by atoms with E-state index in [1.807, 2.05) is 0 Å². The normalized spacial score (nSPS) is 10.7. The molecule has 118 valence electrons. The van der Waals surface area contributed by atoms with Crippen molar-refractivity contribution in [2.45, 2.75) is 0 Å². The van der Waals surface area contributed by atoms with E-state index in [0.717, 1.165) is 5.69 Å². The molecule has 2 rings (SSSR count). The molecule has 0 radical (unpaired) electrons. The van der Waals surface area contributed by atoms with Crippen LogP contribution in [-0.2, 0) is 0 Å². The molecule has 0 spiro atoms. The average Bonchev–Trinajstić information content (AvgIpc) is 2.49. The van der Waals surface area contributed by atoms with Crippen LogP contribution in [0, 0.1) is 10.1 Å². The fraction of sp³-hybridized carbons (Fsp3) is 0. The molecule has 0 fully saturated rings. The molecule has 0 aliphatic carbocycles. The highest BCUT2D eigenvalue weighted by atomic mass is 79.9. The van der Waals surface area contributed by atoms with Crippen LogP contribution in [0.2, 0.25) is 0 Å². The summed E-state index contributed by atoms with van der Waals surface area (Å²) >= 11 is 7.81. The topological polar surface area (TPSA) is 114 Å². The number of thiocarbonyl (C=S) groups is 1. The molecule has 7 nitrogen and oxygen atoms in total. The van der Waals surface area contributed by atoms with Gasteiger partial charge in [0.05, 0.1) is 15.1 Å². The monoisotopic (exact) mass is 394 g/mol. The zero-order chi connectivity index (χ0) is 17.0. The van der Waals surface area contributed by atoms with Gasteiger partial charge in [-0.2, -0.15) is 0 Å². The summed E-state index contributed by atoms with van der Waals surface area (Å²) in [5.41, 5.74) is 6.77. The minimum Gasteiger partial charge on any atom is -0.506 e. The third kappa shape index (κ3) is 4.47. The summed E-state index contributed by atoms with van der Waals surface area (Å²) < 4.78 is 0.226. The van der Waals surface area contributed by atoms with Crippen LogP contribution in [-0.4, -0.2) is 21.4 Å². The number of halogens is 1. The Morgan fingerprint density at radius 2 is 2.04 bits per heavy atom. The Balaban J connectivity index is 2.26. The number of nitrogens with zero attached hydrogens (tertiary/aromatic N) is 2. The van der Waals surface area contributed by atoms with Gasteiger partial charge in [-0.1, -0.05) is 0 Å². The third-order valence-corrected chi connectivity index (χ3v) is 3.48. The van der Waals surface area contributed by atoms with Gasteiger partial charge in [0.25, 0.3) is 5.69 Å². The molecule has 0 bridgehead atoms. The lowest BCUT2D eigenvalue weighted by molar-refractivity contribution is -0.385. The van der Waals surface area contributed by atoms with Crippen molar-refractivity contribution in [1.29, 1.82) is 0 Å². The Kier molecular flexibility index (Phi) is 5.24. The van der Waals surface area contributed by atoms with E-state index in [-0.39, 0.29) is 26.6 Å². The number of aliphatic imine (C=N–C) groups is 1. The number of nitrogens with one attached hydrogen (secondary N) is 1. The average molecular weight is 395 g/mol. The maximum atomic E-state index is 10.8. The summed E-state index contributed by atoms with van der Waals surface area (Å²) in [6, 6.07) is 9.35. The lowest BCUT2D eigenvalue weighted by Crippen LogP contribution is -2.18. The highest BCUT2D eigenvalue weighted by molar-refractivity contribution is 9.10. The lowest BCUT2D eigenvalue weighted by atomic mass is 10.2. The molecule has 2 aromatic carbocycles. The van der Waals surface area contributed by atoms with Crippen LogP contribution in [0.25, 0.3) is 0 Å². The maximum absolute atomic E-state index is 10.8.